The van der Waals surface area contributed by atoms with Crippen LogP contribution < -0.4 is 10.2 Å². The van der Waals surface area contributed by atoms with Gasteiger partial charge < -0.3 is 19.0 Å². The van der Waals surface area contributed by atoms with E-state index in [1.54, 1.807) is 16.2 Å². The van der Waals surface area contributed by atoms with E-state index in [0.717, 1.165) is 28.4 Å². The Kier molecular flexibility index (Phi) is 6.04. The van der Waals surface area contributed by atoms with Crippen molar-refractivity contribution >= 4 is 22.9 Å². The summed E-state index contributed by atoms with van der Waals surface area (Å²) in [5.74, 6) is 0.643. The zero-order valence-electron chi connectivity index (χ0n) is 14.4. The van der Waals surface area contributed by atoms with Gasteiger partial charge in [-0.3, -0.25) is 9.59 Å². The van der Waals surface area contributed by atoms with Crippen molar-refractivity contribution in [1.29, 1.82) is 0 Å². The van der Waals surface area contributed by atoms with E-state index in [0.29, 0.717) is 25.4 Å². The normalized spacial score (nSPS) is 10.8. The molecule has 0 bridgehead atoms. The van der Waals surface area contributed by atoms with Crippen LogP contribution in [0.15, 0.2) is 57.3 Å². The van der Waals surface area contributed by atoms with Crippen molar-refractivity contribution in [2.45, 2.75) is 33.1 Å². The van der Waals surface area contributed by atoms with Crippen LogP contribution in [0.5, 0.6) is 0 Å². The summed E-state index contributed by atoms with van der Waals surface area (Å²) in [6.07, 6.45) is 1.86. The fourth-order valence-electron chi connectivity index (χ4n) is 2.51. The Hall–Kier alpha value is -2.64. The minimum absolute atomic E-state index is 0.0361. The first-order valence-corrected chi connectivity index (χ1v) is 9.13. The first-order chi connectivity index (χ1) is 12.6. The number of ether oxygens (including phenoxy) is 1. The minimum Gasteiger partial charge on any atom is -0.467 e. The molecule has 2 heterocycles. The van der Waals surface area contributed by atoms with Crippen LogP contribution in [0.4, 0.5) is 5.69 Å². The topological polar surface area (TPSA) is 73.5 Å². The van der Waals surface area contributed by atoms with Gasteiger partial charge in [0.15, 0.2) is 0 Å². The number of carbonyl (C=O) groups excluding carboxylic acids is 1. The predicted octanol–water partition coefficient (Wildman–Crippen LogP) is 3.56. The summed E-state index contributed by atoms with van der Waals surface area (Å²) < 4.78 is 12.4. The average molecular weight is 372 g/mol. The number of furan rings is 1. The molecule has 136 valence electrons. The lowest BCUT2D eigenvalue weighted by atomic mass is 10.2. The lowest BCUT2D eigenvalue weighted by molar-refractivity contribution is -0.116. The molecule has 3 aromatic rings. The maximum absolute atomic E-state index is 12.1. The molecule has 7 heteroatoms. The van der Waals surface area contributed by atoms with Crippen LogP contribution >= 0.6 is 11.3 Å². The van der Waals surface area contributed by atoms with Crippen molar-refractivity contribution in [1.82, 2.24) is 4.57 Å². The van der Waals surface area contributed by atoms with E-state index in [1.165, 1.54) is 0 Å². The van der Waals surface area contributed by atoms with Crippen molar-refractivity contribution in [3.8, 4) is 0 Å². The van der Waals surface area contributed by atoms with Gasteiger partial charge in [-0.25, -0.2) is 0 Å². The summed E-state index contributed by atoms with van der Waals surface area (Å²) in [4.78, 5) is 23.8. The molecule has 1 N–H and O–H groups in total. The molecule has 2 aromatic heterocycles. The molecule has 0 aliphatic rings. The van der Waals surface area contributed by atoms with E-state index in [2.05, 4.69) is 5.32 Å². The lowest BCUT2D eigenvalue weighted by Gasteiger charge is -2.09. The van der Waals surface area contributed by atoms with Crippen LogP contribution in [-0.2, 0) is 29.3 Å². The molecule has 1 amide bonds. The highest BCUT2D eigenvalue weighted by Crippen LogP contribution is 2.13. The van der Waals surface area contributed by atoms with Gasteiger partial charge in [-0.05, 0) is 36.8 Å². The van der Waals surface area contributed by atoms with E-state index in [4.69, 9.17) is 9.15 Å². The van der Waals surface area contributed by atoms with E-state index in [9.17, 15) is 9.59 Å². The standard InChI is InChI=1S/C19H20N2O4S/c1-14-13-26-19(23)21(14)8-7-18(22)20-16-5-2-4-15(10-16)11-24-12-17-6-3-9-25-17/h2-6,9-10,13H,7-8,11-12H2,1H3,(H,20,22). The number of anilines is 1. The van der Waals surface area contributed by atoms with Gasteiger partial charge in [-0.1, -0.05) is 23.5 Å². The Bertz CT molecular complexity index is 912. The number of nitrogens with one attached hydrogen (secondary N) is 1. The lowest BCUT2D eigenvalue weighted by Crippen LogP contribution is -2.20. The maximum atomic E-state index is 12.1. The van der Waals surface area contributed by atoms with Crippen LogP contribution in [0.1, 0.15) is 23.4 Å². The van der Waals surface area contributed by atoms with Crippen molar-refractivity contribution in [2.75, 3.05) is 5.32 Å². The van der Waals surface area contributed by atoms with E-state index in [-0.39, 0.29) is 17.2 Å². The molecular formula is C19H20N2O4S. The molecule has 0 radical (unpaired) electrons. The van der Waals surface area contributed by atoms with E-state index < -0.39 is 0 Å². The van der Waals surface area contributed by atoms with Gasteiger partial charge in [0.05, 0.1) is 12.9 Å². The smallest absolute Gasteiger partial charge is 0.307 e. The SMILES string of the molecule is Cc1csc(=O)n1CCC(=O)Nc1cccc(COCc2ccco2)c1. The molecule has 0 spiro atoms. The van der Waals surface area contributed by atoms with E-state index in [1.807, 2.05) is 43.3 Å². The Balaban J connectivity index is 1.49. The quantitative estimate of drug-likeness (QED) is 0.656. The Labute approximate surface area is 155 Å². The van der Waals surface area contributed by atoms with Crippen molar-refractivity contribution in [2.24, 2.45) is 0 Å². The summed E-state index contributed by atoms with van der Waals surface area (Å²) in [6, 6.07) is 11.2. The number of amides is 1. The van der Waals surface area contributed by atoms with Crippen molar-refractivity contribution in [3.63, 3.8) is 0 Å². The number of hydrogen-bond acceptors (Lipinski definition) is 5. The highest BCUT2D eigenvalue weighted by molar-refractivity contribution is 7.07. The highest BCUT2D eigenvalue weighted by Gasteiger charge is 2.07. The molecule has 0 unspecified atom stereocenters. The molecular weight excluding hydrogens is 352 g/mol. The van der Waals surface area contributed by atoms with Crippen LogP contribution in [0.25, 0.3) is 0 Å². The van der Waals surface area contributed by atoms with Crippen LogP contribution in [0, 0.1) is 6.92 Å². The van der Waals surface area contributed by atoms with Gasteiger partial charge in [0.2, 0.25) is 5.91 Å². The zero-order valence-corrected chi connectivity index (χ0v) is 15.3. The molecule has 0 fully saturated rings. The number of thiazole rings is 1. The average Bonchev–Trinajstić information content (AvgIpc) is 3.24. The predicted molar refractivity (Wildman–Crippen MR) is 100 cm³/mol. The van der Waals surface area contributed by atoms with Crippen LogP contribution in [0.2, 0.25) is 0 Å². The second-order valence-corrected chi connectivity index (χ2v) is 6.69. The van der Waals surface area contributed by atoms with Gasteiger partial charge >= 0.3 is 4.87 Å². The number of carbonyl (C=O) groups is 1. The molecule has 0 saturated carbocycles. The third-order valence-corrected chi connectivity index (χ3v) is 4.72. The van der Waals surface area contributed by atoms with Crippen molar-refractivity contribution in [3.05, 3.63) is 74.7 Å². The third-order valence-electron chi connectivity index (χ3n) is 3.84. The molecule has 0 aliphatic heterocycles. The molecule has 0 saturated heterocycles. The molecule has 3 rings (SSSR count). The first-order valence-electron chi connectivity index (χ1n) is 8.25. The molecule has 26 heavy (non-hydrogen) atoms. The van der Waals surface area contributed by atoms with Gasteiger partial charge in [0.25, 0.3) is 0 Å². The Morgan fingerprint density at radius 1 is 1.27 bits per heavy atom. The molecule has 1 aromatic carbocycles. The molecule has 0 atom stereocenters. The second kappa shape index (κ2) is 8.64. The summed E-state index contributed by atoms with van der Waals surface area (Å²) in [6.45, 7) is 3.07. The van der Waals surface area contributed by atoms with Gasteiger partial charge in [-0.15, -0.1) is 0 Å². The van der Waals surface area contributed by atoms with Crippen molar-refractivity contribution < 1.29 is 13.9 Å². The number of aromatic nitrogens is 1. The fourth-order valence-corrected chi connectivity index (χ4v) is 3.28. The Morgan fingerprint density at radius 2 is 2.15 bits per heavy atom. The summed E-state index contributed by atoms with van der Waals surface area (Å²) >= 11 is 1.15. The number of rotatable bonds is 8. The fraction of sp³-hybridized carbons (Fsp3) is 0.263. The van der Waals surface area contributed by atoms with Crippen LogP contribution in [0.3, 0.4) is 0 Å². The molecule has 6 nitrogen and oxygen atoms in total. The Morgan fingerprint density at radius 3 is 2.88 bits per heavy atom. The summed E-state index contributed by atoms with van der Waals surface area (Å²) in [5.41, 5.74) is 2.55. The van der Waals surface area contributed by atoms with Gasteiger partial charge in [0, 0.05) is 29.7 Å². The summed E-state index contributed by atoms with van der Waals surface area (Å²) in [5, 5.41) is 4.66. The van der Waals surface area contributed by atoms with Crippen LogP contribution in [-0.4, -0.2) is 10.5 Å². The second-order valence-electron chi connectivity index (χ2n) is 5.87. The number of hydrogen-bond donors (Lipinski definition) is 1. The van der Waals surface area contributed by atoms with E-state index >= 15 is 0 Å². The summed E-state index contributed by atoms with van der Waals surface area (Å²) in [7, 11) is 0. The minimum atomic E-state index is -0.129. The number of aryl methyl sites for hydroxylation is 1. The zero-order chi connectivity index (χ0) is 18.4. The van der Waals surface area contributed by atoms with Gasteiger partial charge in [0.1, 0.15) is 12.4 Å². The maximum Gasteiger partial charge on any atom is 0.307 e. The van der Waals surface area contributed by atoms with Gasteiger partial charge in [-0.2, -0.15) is 0 Å². The largest absolute Gasteiger partial charge is 0.467 e. The number of nitrogens with zero attached hydrogens (tertiary/aromatic N) is 1. The first kappa shape index (κ1) is 18.2. The highest BCUT2D eigenvalue weighted by atomic mass is 32.1. The monoisotopic (exact) mass is 372 g/mol. The third kappa shape index (κ3) is 4.93. The number of benzene rings is 1. The molecule has 0 aliphatic carbocycles.